The highest BCUT2D eigenvalue weighted by molar-refractivity contribution is 7.14. The lowest BCUT2D eigenvalue weighted by molar-refractivity contribution is 0.0694. The maximum absolute atomic E-state index is 11.4. The van der Waals surface area contributed by atoms with Gasteiger partial charge in [0, 0.05) is 21.2 Å². The minimum Gasteiger partial charge on any atom is -0.493 e. The molecule has 3 aromatic rings. The molecule has 0 saturated carbocycles. The fourth-order valence-electron chi connectivity index (χ4n) is 4.60. The number of carboxylic acid groups (broad SMARTS) is 1. The van der Waals surface area contributed by atoms with E-state index >= 15 is 0 Å². The van der Waals surface area contributed by atoms with Gasteiger partial charge in [0.2, 0.25) is 0 Å². The lowest BCUT2D eigenvalue weighted by Crippen LogP contribution is -2.22. The molecule has 2 atom stereocenters. The number of allylic oxidation sites excluding steroid dienone is 1. The van der Waals surface area contributed by atoms with Gasteiger partial charge < -0.3 is 19.3 Å². The second-order valence-electron chi connectivity index (χ2n) is 9.68. The van der Waals surface area contributed by atoms with Crippen molar-refractivity contribution in [1.29, 1.82) is 0 Å². The third-order valence-electron chi connectivity index (χ3n) is 6.86. The van der Waals surface area contributed by atoms with Crippen LogP contribution in [-0.4, -0.2) is 30.9 Å². The average Bonchev–Trinajstić information content (AvgIpc) is 3.46. The molecule has 1 aliphatic rings. The summed E-state index contributed by atoms with van der Waals surface area (Å²) in [4.78, 5) is 12.5. The summed E-state index contributed by atoms with van der Waals surface area (Å²) in [6, 6.07) is 20.5. The van der Waals surface area contributed by atoms with Crippen molar-refractivity contribution in [2.45, 2.75) is 39.2 Å². The zero-order chi connectivity index (χ0) is 26.4. The number of halogens is 1. The molecular formula is C30H33ClO5S. The van der Waals surface area contributed by atoms with E-state index in [1.165, 1.54) is 22.5 Å². The van der Waals surface area contributed by atoms with Gasteiger partial charge in [0.1, 0.15) is 11.5 Å². The van der Waals surface area contributed by atoms with Crippen LogP contribution in [0.25, 0.3) is 0 Å². The number of thiophene rings is 1. The van der Waals surface area contributed by atoms with Crippen LogP contribution in [-0.2, 0) is 16.8 Å². The van der Waals surface area contributed by atoms with Crippen molar-refractivity contribution in [3.05, 3.63) is 92.7 Å². The van der Waals surface area contributed by atoms with Gasteiger partial charge in [0.15, 0.2) is 4.88 Å². The van der Waals surface area contributed by atoms with E-state index < -0.39 is 5.97 Å². The van der Waals surface area contributed by atoms with Gasteiger partial charge in [-0.25, -0.2) is 4.79 Å². The molecule has 1 aliphatic carbocycles. The van der Waals surface area contributed by atoms with Crippen molar-refractivity contribution in [2.75, 3.05) is 19.8 Å². The molecule has 4 rings (SSSR count). The molecule has 1 aromatic heterocycles. The molecule has 0 unspecified atom stereocenters. The largest absolute Gasteiger partial charge is 0.493 e. The smallest absolute Gasteiger partial charge is 0.349 e. The van der Waals surface area contributed by atoms with E-state index in [2.05, 4.69) is 50.2 Å². The monoisotopic (exact) mass is 540 g/mol. The van der Waals surface area contributed by atoms with Crippen LogP contribution in [0.3, 0.4) is 0 Å². The molecule has 196 valence electrons. The Hall–Kier alpha value is -2.80. The van der Waals surface area contributed by atoms with Crippen LogP contribution in [0, 0.1) is 11.8 Å². The van der Waals surface area contributed by atoms with Gasteiger partial charge in [0.05, 0.1) is 26.4 Å². The summed E-state index contributed by atoms with van der Waals surface area (Å²) in [6.07, 6.45) is 2.86. The molecule has 5 nitrogen and oxygen atoms in total. The number of hydrogen-bond donors (Lipinski definition) is 1. The molecule has 0 fully saturated rings. The van der Waals surface area contributed by atoms with Crippen LogP contribution in [0.5, 0.6) is 11.5 Å². The molecule has 7 heteroatoms. The van der Waals surface area contributed by atoms with Crippen molar-refractivity contribution in [3.8, 4) is 11.5 Å². The van der Waals surface area contributed by atoms with Gasteiger partial charge in [-0.15, -0.1) is 11.3 Å². The number of carbonyl (C=O) groups is 1. The van der Waals surface area contributed by atoms with Crippen molar-refractivity contribution in [3.63, 3.8) is 0 Å². The summed E-state index contributed by atoms with van der Waals surface area (Å²) in [5, 5.41) is 10.2. The van der Waals surface area contributed by atoms with Gasteiger partial charge >= 0.3 is 5.97 Å². The Morgan fingerprint density at radius 3 is 2.43 bits per heavy atom. The highest BCUT2D eigenvalue weighted by atomic mass is 35.5. The molecule has 0 saturated heterocycles. The predicted octanol–water partition coefficient (Wildman–Crippen LogP) is 7.53. The normalized spacial score (nSPS) is 17.5. The summed E-state index contributed by atoms with van der Waals surface area (Å²) < 4.78 is 17.6. The predicted molar refractivity (Wildman–Crippen MR) is 148 cm³/mol. The molecule has 1 N–H and O–H groups in total. The highest BCUT2D eigenvalue weighted by Crippen LogP contribution is 2.37. The van der Waals surface area contributed by atoms with Gasteiger partial charge in [-0.2, -0.15) is 0 Å². The van der Waals surface area contributed by atoms with Gasteiger partial charge in [0.25, 0.3) is 0 Å². The Labute approximate surface area is 227 Å². The lowest BCUT2D eigenvalue weighted by atomic mass is 9.78. The van der Waals surface area contributed by atoms with Crippen LogP contribution in [0.2, 0.25) is 0 Å². The minimum atomic E-state index is -0.986. The Morgan fingerprint density at radius 1 is 1.05 bits per heavy atom. The Bertz CT molecular complexity index is 1220. The summed E-state index contributed by atoms with van der Waals surface area (Å²) in [5.74, 6) is 0.480. The zero-order valence-corrected chi connectivity index (χ0v) is 23.0. The SMILES string of the molecule is CCOc1cc(COC[C@H]2CC=C(Cl)[C@@H]2COc2ccc(C(C)(C)c3ccccc3)cc2)sc1C(=O)O. The lowest BCUT2D eigenvalue weighted by Gasteiger charge is -2.26. The Morgan fingerprint density at radius 2 is 1.76 bits per heavy atom. The first-order valence-electron chi connectivity index (χ1n) is 12.5. The summed E-state index contributed by atoms with van der Waals surface area (Å²) in [6.45, 7) is 8.01. The van der Waals surface area contributed by atoms with E-state index in [-0.39, 0.29) is 22.1 Å². The fourth-order valence-corrected chi connectivity index (χ4v) is 5.80. The second-order valence-corrected chi connectivity index (χ2v) is 11.3. The molecule has 0 bridgehead atoms. The second kappa shape index (κ2) is 12.2. The van der Waals surface area contributed by atoms with E-state index in [4.69, 9.17) is 25.8 Å². The van der Waals surface area contributed by atoms with E-state index in [0.29, 0.717) is 32.2 Å². The molecule has 2 aromatic carbocycles. The maximum atomic E-state index is 11.4. The van der Waals surface area contributed by atoms with Gasteiger partial charge in [-0.1, -0.05) is 74.0 Å². The van der Waals surface area contributed by atoms with Crippen molar-refractivity contribution in [2.24, 2.45) is 11.8 Å². The van der Waals surface area contributed by atoms with Crippen molar-refractivity contribution >= 4 is 28.9 Å². The number of rotatable bonds is 12. The van der Waals surface area contributed by atoms with E-state index in [9.17, 15) is 9.90 Å². The minimum absolute atomic E-state index is 0.0546. The van der Waals surface area contributed by atoms with Gasteiger partial charge in [-0.3, -0.25) is 0 Å². The van der Waals surface area contributed by atoms with Crippen LogP contribution >= 0.6 is 22.9 Å². The first-order chi connectivity index (χ1) is 17.8. The van der Waals surface area contributed by atoms with Crippen molar-refractivity contribution in [1.82, 2.24) is 0 Å². The molecule has 0 spiro atoms. The summed E-state index contributed by atoms with van der Waals surface area (Å²) in [7, 11) is 0. The standard InChI is InChI=1S/C30H33ClO5S/c1-4-35-27-16-24(37-28(27)29(32)33)18-34-17-20-10-15-26(31)25(20)19-36-23-13-11-22(12-14-23)30(2,3)21-8-6-5-7-9-21/h5-9,11-16,20,25H,4,10,17-19H2,1-3H3,(H,32,33)/t20-,25-/m1/s1. The van der Waals surface area contributed by atoms with Crippen molar-refractivity contribution < 1.29 is 24.1 Å². The molecule has 0 aliphatic heterocycles. The molecule has 37 heavy (non-hydrogen) atoms. The number of aromatic carboxylic acids is 1. The topological polar surface area (TPSA) is 65.0 Å². The summed E-state index contributed by atoms with van der Waals surface area (Å²) >= 11 is 7.71. The molecular weight excluding hydrogens is 508 g/mol. The fraction of sp³-hybridized carbons (Fsp3) is 0.367. The van der Waals surface area contributed by atoms with E-state index in [0.717, 1.165) is 22.1 Å². The number of ether oxygens (including phenoxy) is 3. The van der Waals surface area contributed by atoms with Crippen LogP contribution in [0.1, 0.15) is 52.9 Å². The quantitative estimate of drug-likeness (QED) is 0.257. The Balaban J connectivity index is 1.31. The molecule has 1 heterocycles. The summed E-state index contributed by atoms with van der Waals surface area (Å²) in [5.41, 5.74) is 2.39. The number of hydrogen-bond acceptors (Lipinski definition) is 5. The van der Waals surface area contributed by atoms with Gasteiger partial charge in [-0.05, 0) is 48.6 Å². The highest BCUT2D eigenvalue weighted by Gasteiger charge is 2.30. The van der Waals surface area contributed by atoms with E-state index in [1.54, 1.807) is 6.07 Å². The maximum Gasteiger partial charge on any atom is 0.349 e. The average molecular weight is 541 g/mol. The third kappa shape index (κ3) is 6.56. The van der Waals surface area contributed by atoms with Crippen LogP contribution < -0.4 is 9.47 Å². The third-order valence-corrected chi connectivity index (χ3v) is 8.37. The Kier molecular flexibility index (Phi) is 8.95. The first kappa shape index (κ1) is 27.2. The first-order valence-corrected chi connectivity index (χ1v) is 13.7. The van der Waals surface area contributed by atoms with E-state index in [1.807, 2.05) is 31.2 Å². The number of carboxylic acids is 1. The molecule has 0 radical (unpaired) electrons. The molecule has 0 amide bonds. The van der Waals surface area contributed by atoms with Crippen LogP contribution in [0.4, 0.5) is 0 Å². The van der Waals surface area contributed by atoms with Crippen LogP contribution in [0.15, 0.2) is 71.8 Å². The zero-order valence-electron chi connectivity index (χ0n) is 21.4. The number of benzene rings is 2.